The molecule has 0 amide bonds. The van der Waals surface area contributed by atoms with Crippen LogP contribution >= 0.6 is 0 Å². The number of furan rings is 1. The Hall–Kier alpha value is -6.78. The second-order valence-corrected chi connectivity index (χ2v) is 12.9. The minimum Gasteiger partial charge on any atom is -0.452 e. The van der Waals surface area contributed by atoms with Gasteiger partial charge in [-0.25, -0.2) is 9.97 Å². The summed E-state index contributed by atoms with van der Waals surface area (Å²) < 4.78 is 9.14. The fraction of sp³-hybridized carbons (Fsp3) is 0. The molecule has 0 aliphatic heterocycles. The maximum absolute atomic E-state index is 6.76. The zero-order valence-corrected chi connectivity index (χ0v) is 26.8. The van der Waals surface area contributed by atoms with Gasteiger partial charge in [-0.3, -0.25) is 0 Å². The monoisotopic (exact) mass is 637 g/mol. The lowest BCUT2D eigenvalue weighted by molar-refractivity contribution is 0.667. The van der Waals surface area contributed by atoms with Gasteiger partial charge in [0.2, 0.25) is 0 Å². The van der Waals surface area contributed by atoms with Crippen molar-refractivity contribution >= 4 is 76.2 Å². The lowest BCUT2D eigenvalue weighted by Crippen LogP contribution is -1.94. The molecule has 0 atom stereocenters. The van der Waals surface area contributed by atoms with Crippen LogP contribution in [0.2, 0.25) is 0 Å². The molecule has 3 heterocycles. The molecule has 0 saturated carbocycles. The lowest BCUT2D eigenvalue weighted by Gasteiger charge is -2.13. The van der Waals surface area contributed by atoms with Crippen LogP contribution in [-0.4, -0.2) is 14.5 Å². The first-order valence-electron chi connectivity index (χ1n) is 16.9. The van der Waals surface area contributed by atoms with E-state index < -0.39 is 0 Å². The molecule has 0 saturated heterocycles. The molecule has 0 bridgehead atoms. The smallest absolute Gasteiger partial charge is 0.180 e. The summed E-state index contributed by atoms with van der Waals surface area (Å²) in [5.74, 6) is 0.679. The number of fused-ring (bicyclic) bond motifs is 12. The number of para-hydroxylation sites is 1. The number of hydrogen-bond donors (Lipinski definition) is 0. The molecule has 4 nitrogen and oxygen atoms in total. The number of aromatic nitrogens is 3. The highest BCUT2D eigenvalue weighted by molar-refractivity contribution is 6.26. The molecule has 11 aromatic rings. The molecule has 0 spiro atoms. The van der Waals surface area contributed by atoms with E-state index in [-0.39, 0.29) is 0 Å². The third-order valence-corrected chi connectivity index (χ3v) is 10.2. The fourth-order valence-electron chi connectivity index (χ4n) is 7.93. The Labute approximate surface area is 286 Å². The summed E-state index contributed by atoms with van der Waals surface area (Å²) >= 11 is 0. The average molecular weight is 638 g/mol. The molecule has 0 fully saturated rings. The molecule has 0 radical (unpaired) electrons. The predicted molar refractivity (Wildman–Crippen MR) is 207 cm³/mol. The first-order valence-corrected chi connectivity index (χ1v) is 16.9. The molecule has 4 heteroatoms. The van der Waals surface area contributed by atoms with Crippen molar-refractivity contribution in [1.29, 1.82) is 0 Å². The van der Waals surface area contributed by atoms with Crippen molar-refractivity contribution in [2.45, 2.75) is 0 Å². The number of rotatable bonds is 3. The SMILES string of the molecule is c1ccc(-c2nc(-c3ccccc3)c3oc4cc5c(cc4c3n2)c2ccccc2n5-c2ccc3c4ccccc4c4ccccc4c3c2)cc1. The molecule has 0 aliphatic rings. The van der Waals surface area contributed by atoms with E-state index in [1.54, 1.807) is 0 Å². The molecule has 50 heavy (non-hydrogen) atoms. The van der Waals surface area contributed by atoms with Gasteiger partial charge in [-0.15, -0.1) is 0 Å². The largest absolute Gasteiger partial charge is 0.452 e. The Bertz CT molecular complexity index is 3100. The summed E-state index contributed by atoms with van der Waals surface area (Å²) in [7, 11) is 0. The Morgan fingerprint density at radius 1 is 0.400 bits per heavy atom. The van der Waals surface area contributed by atoms with Crippen LogP contribution in [0.25, 0.3) is 105 Å². The Balaban J connectivity index is 1.22. The first-order chi connectivity index (χ1) is 24.8. The summed E-state index contributed by atoms with van der Waals surface area (Å²) in [5, 5.41) is 10.9. The van der Waals surface area contributed by atoms with Crippen LogP contribution < -0.4 is 0 Å². The number of nitrogens with zero attached hydrogens (tertiary/aromatic N) is 3. The van der Waals surface area contributed by atoms with Gasteiger partial charge in [-0.05, 0) is 56.6 Å². The quantitative estimate of drug-likeness (QED) is 0.181. The summed E-state index contributed by atoms with van der Waals surface area (Å²) in [4.78, 5) is 10.2. The number of benzene rings is 8. The molecular weight excluding hydrogens is 611 g/mol. The molecule has 3 aromatic heterocycles. The number of hydrogen-bond acceptors (Lipinski definition) is 3. The minimum atomic E-state index is 0.679. The van der Waals surface area contributed by atoms with E-state index in [4.69, 9.17) is 14.4 Å². The molecule has 232 valence electrons. The maximum Gasteiger partial charge on any atom is 0.180 e. The van der Waals surface area contributed by atoms with E-state index in [0.717, 1.165) is 55.4 Å². The van der Waals surface area contributed by atoms with Gasteiger partial charge in [0.1, 0.15) is 16.8 Å². The van der Waals surface area contributed by atoms with Gasteiger partial charge in [0.15, 0.2) is 11.4 Å². The van der Waals surface area contributed by atoms with Crippen LogP contribution in [0, 0.1) is 0 Å². The maximum atomic E-state index is 6.76. The summed E-state index contributed by atoms with van der Waals surface area (Å²) in [6, 6.07) is 57.9. The average Bonchev–Trinajstić information content (AvgIpc) is 3.72. The zero-order valence-electron chi connectivity index (χ0n) is 26.8. The first kappa shape index (κ1) is 27.2. The van der Waals surface area contributed by atoms with Crippen molar-refractivity contribution in [2.24, 2.45) is 0 Å². The normalized spacial score (nSPS) is 12.0. The summed E-state index contributed by atoms with van der Waals surface area (Å²) in [6.45, 7) is 0. The van der Waals surface area contributed by atoms with Crippen molar-refractivity contribution in [3.05, 3.63) is 164 Å². The van der Waals surface area contributed by atoms with E-state index in [2.05, 4.69) is 132 Å². The van der Waals surface area contributed by atoms with Crippen LogP contribution in [0.1, 0.15) is 0 Å². The van der Waals surface area contributed by atoms with Crippen LogP contribution in [0.3, 0.4) is 0 Å². The highest BCUT2D eigenvalue weighted by Crippen LogP contribution is 2.42. The van der Waals surface area contributed by atoms with E-state index >= 15 is 0 Å². The van der Waals surface area contributed by atoms with Gasteiger partial charge in [0.05, 0.1) is 11.0 Å². The lowest BCUT2D eigenvalue weighted by atomic mass is 9.94. The van der Waals surface area contributed by atoms with Gasteiger partial charge in [-0.1, -0.05) is 133 Å². The fourth-order valence-corrected chi connectivity index (χ4v) is 7.93. The van der Waals surface area contributed by atoms with E-state index in [1.165, 1.54) is 37.7 Å². The molecule has 0 N–H and O–H groups in total. The topological polar surface area (TPSA) is 43.9 Å². The molecule has 11 rings (SSSR count). The van der Waals surface area contributed by atoms with Gasteiger partial charge in [0.25, 0.3) is 0 Å². The van der Waals surface area contributed by atoms with Gasteiger partial charge in [0, 0.05) is 39.0 Å². The van der Waals surface area contributed by atoms with Gasteiger partial charge < -0.3 is 8.98 Å². The molecule has 0 unspecified atom stereocenters. The van der Waals surface area contributed by atoms with Crippen molar-refractivity contribution in [3.8, 4) is 28.3 Å². The highest BCUT2D eigenvalue weighted by Gasteiger charge is 2.21. The third kappa shape index (κ3) is 3.87. The minimum absolute atomic E-state index is 0.679. The molecular formula is C46H27N3O. The van der Waals surface area contributed by atoms with Crippen molar-refractivity contribution < 1.29 is 4.42 Å². The summed E-state index contributed by atoms with van der Waals surface area (Å²) in [5.41, 5.74) is 8.38. The van der Waals surface area contributed by atoms with Crippen molar-refractivity contribution in [2.75, 3.05) is 0 Å². The Morgan fingerprint density at radius 2 is 0.980 bits per heavy atom. The van der Waals surface area contributed by atoms with Crippen molar-refractivity contribution in [1.82, 2.24) is 14.5 Å². The molecule has 0 aliphatic carbocycles. The summed E-state index contributed by atoms with van der Waals surface area (Å²) in [6.07, 6.45) is 0. The van der Waals surface area contributed by atoms with Crippen LogP contribution in [0.4, 0.5) is 0 Å². The van der Waals surface area contributed by atoms with E-state index in [0.29, 0.717) is 11.4 Å². The second-order valence-electron chi connectivity index (χ2n) is 12.9. The Morgan fingerprint density at radius 3 is 1.68 bits per heavy atom. The van der Waals surface area contributed by atoms with E-state index in [9.17, 15) is 0 Å². The van der Waals surface area contributed by atoms with Crippen LogP contribution in [-0.2, 0) is 0 Å². The highest BCUT2D eigenvalue weighted by atomic mass is 16.3. The molecule has 8 aromatic carbocycles. The van der Waals surface area contributed by atoms with Crippen molar-refractivity contribution in [3.63, 3.8) is 0 Å². The zero-order chi connectivity index (χ0) is 32.8. The van der Waals surface area contributed by atoms with Crippen LogP contribution in [0.15, 0.2) is 168 Å². The van der Waals surface area contributed by atoms with Gasteiger partial charge >= 0.3 is 0 Å². The second kappa shape index (κ2) is 10.4. The van der Waals surface area contributed by atoms with Crippen LogP contribution in [0.5, 0.6) is 0 Å². The van der Waals surface area contributed by atoms with Gasteiger partial charge in [-0.2, -0.15) is 0 Å². The Kier molecular flexibility index (Phi) is 5.63. The predicted octanol–water partition coefficient (Wildman–Crippen LogP) is 12.3. The third-order valence-electron chi connectivity index (χ3n) is 10.2. The van der Waals surface area contributed by atoms with E-state index in [1.807, 2.05) is 36.4 Å². The standard InChI is InChI=1S/C46H27N3O/c1-3-13-28(14-4-1)43-45-44(48-46(47-43)29-15-5-2-6-16-29)39-26-38-36-21-11-12-22-40(36)49(41(38)27-42(39)50-45)30-23-24-35-33-19-8-7-17-31(33)32-18-9-10-20-34(32)37(35)25-30/h1-27H.